The maximum atomic E-state index is 13.3. The second kappa shape index (κ2) is 9.97. The largest absolute Gasteiger partial charge is 0.493 e. The smallest absolute Gasteiger partial charge is 0.273 e. The number of fused-ring (bicyclic) bond motifs is 1. The van der Waals surface area contributed by atoms with Crippen molar-refractivity contribution in [2.24, 2.45) is 0 Å². The Balaban J connectivity index is 1.49. The van der Waals surface area contributed by atoms with Crippen molar-refractivity contribution in [3.8, 4) is 11.5 Å². The van der Waals surface area contributed by atoms with Crippen molar-refractivity contribution in [1.82, 2.24) is 25.3 Å². The fourth-order valence-corrected chi connectivity index (χ4v) is 4.92. The van der Waals surface area contributed by atoms with Crippen molar-refractivity contribution in [2.75, 3.05) is 20.8 Å². The Hall–Kier alpha value is -3.56. The van der Waals surface area contributed by atoms with Gasteiger partial charge >= 0.3 is 0 Å². The van der Waals surface area contributed by atoms with E-state index in [1.165, 1.54) is 10.7 Å². The maximum Gasteiger partial charge on any atom is 0.273 e. The Bertz CT molecular complexity index is 1120. The van der Waals surface area contributed by atoms with E-state index in [4.69, 9.17) is 9.47 Å². The molecule has 1 aromatic carbocycles. The number of amides is 3. The van der Waals surface area contributed by atoms with Gasteiger partial charge in [-0.25, -0.2) is 0 Å². The molecular weight excluding hydrogens is 450 g/mol. The number of carbonyl (C=O) groups excluding carboxylic acids is 3. The highest BCUT2D eigenvalue weighted by atomic mass is 16.5. The summed E-state index contributed by atoms with van der Waals surface area (Å²) < 4.78 is 12.0. The van der Waals surface area contributed by atoms with Gasteiger partial charge in [-0.15, -0.1) is 0 Å². The molecule has 1 aliphatic carbocycles. The predicted octanol–water partition coefficient (Wildman–Crippen LogP) is 2.12. The minimum Gasteiger partial charge on any atom is -0.493 e. The first-order valence-corrected chi connectivity index (χ1v) is 12.0. The first-order valence-electron chi connectivity index (χ1n) is 12.0. The standard InChI is InChI=1S/C25H33N5O5/c1-5-29-23(32)19-13-18(22(31)26-14-16-10-11-20(34-3)21(12-16)35-4)28-30(19)15-25(29,2)24(33)27-17-8-6-7-9-17/h10-13,17H,5-9,14-15H2,1-4H3,(H,26,31)(H,27,33). The normalized spacial score (nSPS) is 19.9. The van der Waals surface area contributed by atoms with Gasteiger partial charge in [0.25, 0.3) is 11.8 Å². The third-order valence-electron chi connectivity index (χ3n) is 6.93. The van der Waals surface area contributed by atoms with Crippen molar-refractivity contribution >= 4 is 17.7 Å². The van der Waals surface area contributed by atoms with E-state index in [1.54, 1.807) is 38.2 Å². The topological polar surface area (TPSA) is 115 Å². The molecule has 1 aromatic heterocycles. The Morgan fingerprint density at radius 3 is 2.51 bits per heavy atom. The summed E-state index contributed by atoms with van der Waals surface area (Å²) in [7, 11) is 3.11. The van der Waals surface area contributed by atoms with Crippen LogP contribution in [0.15, 0.2) is 24.3 Å². The third kappa shape index (κ3) is 4.69. The van der Waals surface area contributed by atoms with E-state index in [1.807, 2.05) is 13.0 Å². The van der Waals surface area contributed by atoms with Crippen LogP contribution in [0.25, 0.3) is 0 Å². The quantitative estimate of drug-likeness (QED) is 0.595. The lowest BCUT2D eigenvalue weighted by Crippen LogP contribution is -2.64. The van der Waals surface area contributed by atoms with Gasteiger partial charge < -0.3 is 25.0 Å². The van der Waals surface area contributed by atoms with E-state index in [0.717, 1.165) is 31.2 Å². The molecule has 0 saturated heterocycles. The monoisotopic (exact) mass is 483 g/mol. The van der Waals surface area contributed by atoms with Crippen molar-refractivity contribution in [2.45, 2.75) is 64.2 Å². The second-order valence-electron chi connectivity index (χ2n) is 9.22. The molecule has 2 aromatic rings. The van der Waals surface area contributed by atoms with Gasteiger partial charge in [-0.1, -0.05) is 18.9 Å². The molecule has 0 bridgehead atoms. The number of nitrogens with zero attached hydrogens (tertiary/aromatic N) is 3. The summed E-state index contributed by atoms with van der Waals surface area (Å²) in [5, 5.41) is 10.3. The predicted molar refractivity (Wildman–Crippen MR) is 128 cm³/mol. The van der Waals surface area contributed by atoms with Crippen molar-refractivity contribution in [3.05, 3.63) is 41.2 Å². The van der Waals surface area contributed by atoms with Crippen LogP contribution in [-0.4, -0.2) is 64.7 Å². The lowest BCUT2D eigenvalue weighted by Gasteiger charge is -2.43. The summed E-state index contributed by atoms with van der Waals surface area (Å²) in [6.07, 6.45) is 4.12. The molecule has 3 amide bonds. The van der Waals surface area contributed by atoms with Gasteiger partial charge in [0.15, 0.2) is 17.2 Å². The molecule has 2 aliphatic rings. The lowest BCUT2D eigenvalue weighted by molar-refractivity contribution is -0.133. The SMILES string of the molecule is CCN1C(=O)c2cc(C(=O)NCc3ccc(OC)c(OC)c3)nn2CC1(C)C(=O)NC1CCCC1. The highest BCUT2D eigenvalue weighted by molar-refractivity contribution is 6.01. The number of aromatic nitrogens is 2. The van der Waals surface area contributed by atoms with Gasteiger partial charge in [-0.05, 0) is 44.4 Å². The van der Waals surface area contributed by atoms with Gasteiger partial charge in [0.2, 0.25) is 5.91 Å². The van der Waals surface area contributed by atoms with Crippen LogP contribution < -0.4 is 20.1 Å². The minimum atomic E-state index is -1.08. The number of benzene rings is 1. The van der Waals surface area contributed by atoms with Gasteiger partial charge in [-0.2, -0.15) is 5.10 Å². The zero-order valence-corrected chi connectivity index (χ0v) is 20.7. The van der Waals surface area contributed by atoms with Gasteiger partial charge in [0.05, 0.1) is 20.8 Å². The third-order valence-corrected chi connectivity index (χ3v) is 6.93. The van der Waals surface area contributed by atoms with Crippen molar-refractivity contribution in [1.29, 1.82) is 0 Å². The number of hydrogen-bond donors (Lipinski definition) is 2. The lowest BCUT2D eigenvalue weighted by atomic mass is 9.94. The number of rotatable bonds is 8. The Morgan fingerprint density at radius 2 is 1.86 bits per heavy atom. The number of ether oxygens (including phenoxy) is 2. The second-order valence-corrected chi connectivity index (χ2v) is 9.22. The van der Waals surface area contributed by atoms with Crippen molar-refractivity contribution < 1.29 is 23.9 Å². The first kappa shape index (κ1) is 24.6. The van der Waals surface area contributed by atoms with Crippen LogP contribution in [0.3, 0.4) is 0 Å². The molecule has 1 fully saturated rings. The average Bonchev–Trinajstić information content (AvgIpc) is 3.52. The molecule has 1 atom stereocenters. The molecular formula is C25H33N5O5. The van der Waals surface area contributed by atoms with E-state index in [-0.39, 0.29) is 36.6 Å². The highest BCUT2D eigenvalue weighted by Crippen LogP contribution is 2.29. The Morgan fingerprint density at radius 1 is 1.14 bits per heavy atom. The number of methoxy groups -OCH3 is 2. The molecule has 10 heteroatoms. The molecule has 35 heavy (non-hydrogen) atoms. The van der Waals surface area contributed by atoms with Crippen LogP contribution >= 0.6 is 0 Å². The molecule has 10 nitrogen and oxygen atoms in total. The number of carbonyl (C=O) groups is 3. The summed E-state index contributed by atoms with van der Waals surface area (Å²) in [5.74, 6) is 0.268. The number of nitrogens with one attached hydrogen (secondary N) is 2. The average molecular weight is 484 g/mol. The summed E-state index contributed by atoms with van der Waals surface area (Å²) in [5.41, 5.74) is 0.171. The van der Waals surface area contributed by atoms with E-state index in [9.17, 15) is 14.4 Å². The zero-order valence-electron chi connectivity index (χ0n) is 20.7. The molecule has 0 spiro atoms. The van der Waals surface area contributed by atoms with Crippen LogP contribution in [0.4, 0.5) is 0 Å². The van der Waals surface area contributed by atoms with Gasteiger partial charge in [-0.3, -0.25) is 19.1 Å². The van der Waals surface area contributed by atoms with Gasteiger partial charge in [0.1, 0.15) is 11.2 Å². The summed E-state index contributed by atoms with van der Waals surface area (Å²) in [4.78, 5) is 41.0. The number of likely N-dealkylation sites (N-methyl/N-ethyl adjacent to an activating group) is 1. The molecule has 2 N–H and O–H groups in total. The molecule has 0 radical (unpaired) electrons. The molecule has 4 rings (SSSR count). The van der Waals surface area contributed by atoms with Crippen molar-refractivity contribution in [3.63, 3.8) is 0 Å². The van der Waals surface area contributed by atoms with Crippen LogP contribution in [0.2, 0.25) is 0 Å². The number of hydrogen-bond acceptors (Lipinski definition) is 6. The van der Waals surface area contributed by atoms with E-state index in [2.05, 4.69) is 15.7 Å². The zero-order chi connectivity index (χ0) is 25.2. The molecule has 1 unspecified atom stereocenters. The van der Waals surface area contributed by atoms with Crippen LogP contribution in [-0.2, 0) is 17.9 Å². The Kier molecular flexibility index (Phi) is 7.00. The molecule has 1 aliphatic heterocycles. The fourth-order valence-electron chi connectivity index (χ4n) is 4.92. The Labute approximate surface area is 204 Å². The van der Waals surface area contributed by atoms with Crippen LogP contribution in [0, 0.1) is 0 Å². The summed E-state index contributed by atoms with van der Waals surface area (Å²) >= 11 is 0. The maximum absolute atomic E-state index is 13.3. The highest BCUT2D eigenvalue weighted by Gasteiger charge is 2.48. The fraction of sp³-hybridized carbons (Fsp3) is 0.520. The van der Waals surface area contributed by atoms with E-state index < -0.39 is 11.4 Å². The molecule has 2 heterocycles. The molecule has 1 saturated carbocycles. The first-order chi connectivity index (χ1) is 16.8. The van der Waals surface area contributed by atoms with Crippen LogP contribution in [0.1, 0.15) is 66.1 Å². The van der Waals surface area contributed by atoms with E-state index >= 15 is 0 Å². The summed E-state index contributed by atoms with van der Waals surface area (Å²) in [6, 6.07) is 7.02. The van der Waals surface area contributed by atoms with Gasteiger partial charge in [0, 0.05) is 25.2 Å². The summed E-state index contributed by atoms with van der Waals surface area (Å²) in [6.45, 7) is 4.42. The minimum absolute atomic E-state index is 0.130. The van der Waals surface area contributed by atoms with Crippen LogP contribution in [0.5, 0.6) is 11.5 Å². The molecule has 188 valence electrons. The van der Waals surface area contributed by atoms with E-state index in [0.29, 0.717) is 23.7 Å².